The Hall–Kier alpha value is -1.31. The van der Waals surface area contributed by atoms with Crippen molar-refractivity contribution in [2.24, 2.45) is 5.92 Å². The van der Waals surface area contributed by atoms with E-state index in [1.54, 1.807) is 0 Å². The number of hydrogen-bond donors (Lipinski definition) is 1. The van der Waals surface area contributed by atoms with Crippen LogP contribution >= 0.6 is 0 Å². The normalized spacial score (nSPS) is 37.7. The van der Waals surface area contributed by atoms with Crippen LogP contribution in [0.4, 0.5) is 0 Å². The smallest absolute Gasteiger partial charge is 0.228 e. The molecule has 0 aromatic rings. The van der Waals surface area contributed by atoms with E-state index in [9.17, 15) is 4.79 Å². The molecule has 0 unspecified atom stereocenters. The van der Waals surface area contributed by atoms with Gasteiger partial charge >= 0.3 is 0 Å². The third-order valence-corrected chi connectivity index (χ3v) is 3.30. The fourth-order valence-electron chi connectivity index (χ4n) is 2.46. The van der Waals surface area contributed by atoms with E-state index in [4.69, 9.17) is 4.74 Å². The monoisotopic (exact) mass is 203 g/mol. The van der Waals surface area contributed by atoms with Crippen LogP contribution in [0.5, 0.6) is 0 Å². The molecule has 3 nitrogen and oxygen atoms in total. The summed E-state index contributed by atoms with van der Waals surface area (Å²) in [4.78, 5) is 11.8. The molecular weight excluding hydrogens is 190 g/mol. The summed E-state index contributed by atoms with van der Waals surface area (Å²) < 4.78 is 5.44. The minimum atomic E-state index is -0.394. The molecule has 1 N–H and O–H groups in total. The first kappa shape index (κ1) is 8.96. The van der Waals surface area contributed by atoms with Gasteiger partial charge in [0.1, 0.15) is 5.54 Å². The third-order valence-electron chi connectivity index (χ3n) is 3.30. The van der Waals surface area contributed by atoms with Gasteiger partial charge in [-0.3, -0.25) is 4.79 Å². The molecule has 15 heavy (non-hydrogen) atoms. The SMILES string of the molecule is CC1=C=C2COC[C@@]23C=C[C@@H](C1)C(=O)N3. The van der Waals surface area contributed by atoms with E-state index in [0.717, 1.165) is 17.6 Å². The van der Waals surface area contributed by atoms with Gasteiger partial charge in [0.25, 0.3) is 0 Å². The first-order chi connectivity index (χ1) is 7.20. The van der Waals surface area contributed by atoms with E-state index in [-0.39, 0.29) is 11.8 Å². The van der Waals surface area contributed by atoms with Gasteiger partial charge in [0.15, 0.2) is 0 Å². The molecule has 1 fully saturated rings. The average molecular weight is 203 g/mol. The van der Waals surface area contributed by atoms with Crippen LogP contribution in [-0.4, -0.2) is 24.7 Å². The Morgan fingerprint density at radius 1 is 1.67 bits per heavy atom. The highest BCUT2D eigenvalue weighted by Crippen LogP contribution is 2.33. The predicted molar refractivity (Wildman–Crippen MR) is 55.2 cm³/mol. The maximum absolute atomic E-state index is 11.8. The minimum Gasteiger partial charge on any atom is -0.373 e. The molecule has 4 aliphatic rings. The highest BCUT2D eigenvalue weighted by Gasteiger charge is 2.43. The second kappa shape index (κ2) is 2.84. The zero-order valence-electron chi connectivity index (χ0n) is 8.67. The van der Waals surface area contributed by atoms with Crippen LogP contribution in [0.1, 0.15) is 13.3 Å². The molecule has 3 aliphatic heterocycles. The molecule has 3 heterocycles. The fraction of sp³-hybridized carbons (Fsp3) is 0.500. The van der Waals surface area contributed by atoms with Crippen molar-refractivity contribution in [3.05, 3.63) is 29.0 Å². The van der Waals surface area contributed by atoms with Crippen LogP contribution in [0.3, 0.4) is 0 Å². The molecule has 0 aromatic carbocycles. The highest BCUT2D eigenvalue weighted by atomic mass is 16.5. The molecule has 3 heteroatoms. The maximum atomic E-state index is 11.8. The lowest BCUT2D eigenvalue weighted by molar-refractivity contribution is -0.125. The van der Waals surface area contributed by atoms with Crippen molar-refractivity contribution in [1.82, 2.24) is 5.32 Å². The number of amides is 1. The molecule has 2 atom stereocenters. The number of ether oxygens (including phenoxy) is 1. The van der Waals surface area contributed by atoms with Crippen molar-refractivity contribution in [3.63, 3.8) is 0 Å². The van der Waals surface area contributed by atoms with Gasteiger partial charge in [-0.15, -0.1) is 5.73 Å². The lowest BCUT2D eigenvalue weighted by atomic mass is 9.82. The van der Waals surface area contributed by atoms with Gasteiger partial charge in [-0.25, -0.2) is 0 Å². The predicted octanol–water partition coefficient (Wildman–Crippen LogP) is 0.933. The summed E-state index contributed by atoms with van der Waals surface area (Å²) in [6.45, 7) is 3.14. The van der Waals surface area contributed by atoms with E-state index < -0.39 is 5.54 Å². The van der Waals surface area contributed by atoms with Crippen molar-refractivity contribution in [2.45, 2.75) is 18.9 Å². The van der Waals surface area contributed by atoms with Gasteiger partial charge < -0.3 is 10.1 Å². The lowest BCUT2D eigenvalue weighted by Crippen LogP contribution is -2.53. The standard InChI is InChI=1S/C12H13NO2/c1-8-4-9-2-3-12(13-11(9)14)7-15-6-10(12)5-8/h2-3,9H,4,6-7H2,1H3,(H,13,14)/t5?,9-,12-/m0/s1. The lowest BCUT2D eigenvalue weighted by Gasteiger charge is -2.33. The molecular formula is C12H13NO2. The number of hydrogen-bond acceptors (Lipinski definition) is 2. The second-order valence-corrected chi connectivity index (χ2v) is 4.51. The zero-order chi connectivity index (χ0) is 10.5. The number of fused-ring (bicyclic) bond motifs is 2. The van der Waals surface area contributed by atoms with Crippen molar-refractivity contribution >= 4 is 5.91 Å². The topological polar surface area (TPSA) is 38.3 Å². The molecule has 1 spiro atoms. The highest BCUT2D eigenvalue weighted by molar-refractivity contribution is 5.84. The average Bonchev–Trinajstić information content (AvgIpc) is 2.50. The molecule has 2 bridgehead atoms. The fourth-order valence-corrected chi connectivity index (χ4v) is 2.46. The first-order valence-electron chi connectivity index (χ1n) is 5.24. The summed E-state index contributed by atoms with van der Waals surface area (Å²) in [5, 5.41) is 3.05. The molecule has 0 saturated carbocycles. The van der Waals surface area contributed by atoms with Gasteiger partial charge in [-0.1, -0.05) is 12.2 Å². The summed E-state index contributed by atoms with van der Waals surface area (Å²) in [6.07, 6.45) is 4.85. The van der Waals surface area contributed by atoms with Gasteiger partial charge in [0.2, 0.25) is 5.91 Å². The van der Waals surface area contributed by atoms with Gasteiger partial charge in [-0.05, 0) is 18.9 Å². The van der Waals surface area contributed by atoms with Gasteiger partial charge in [-0.2, -0.15) is 0 Å². The molecule has 1 saturated heterocycles. The van der Waals surface area contributed by atoms with Crippen molar-refractivity contribution in [3.8, 4) is 0 Å². The summed E-state index contributed by atoms with van der Waals surface area (Å²) in [6, 6.07) is 0. The zero-order valence-corrected chi connectivity index (χ0v) is 8.67. The number of nitrogens with one attached hydrogen (secondary N) is 1. The van der Waals surface area contributed by atoms with Gasteiger partial charge in [0, 0.05) is 5.57 Å². The minimum absolute atomic E-state index is 0.0229. The van der Waals surface area contributed by atoms with Crippen molar-refractivity contribution in [2.75, 3.05) is 13.2 Å². The number of carbonyl (C=O) groups excluding carboxylic acids is 1. The summed E-state index contributed by atoms with van der Waals surface area (Å²) in [7, 11) is 0. The summed E-state index contributed by atoms with van der Waals surface area (Å²) in [5.74, 6) is 0.0895. The van der Waals surface area contributed by atoms with Crippen LogP contribution in [-0.2, 0) is 9.53 Å². The molecule has 4 rings (SSSR count). The first-order valence-corrected chi connectivity index (χ1v) is 5.24. The number of rotatable bonds is 0. The molecule has 0 radical (unpaired) electrons. The Balaban J connectivity index is 2.22. The molecule has 0 aromatic heterocycles. The van der Waals surface area contributed by atoms with E-state index >= 15 is 0 Å². The molecule has 1 amide bonds. The Labute approximate surface area is 88.5 Å². The molecule has 1 aliphatic carbocycles. The van der Waals surface area contributed by atoms with E-state index in [0.29, 0.717) is 13.2 Å². The Morgan fingerprint density at radius 3 is 3.33 bits per heavy atom. The van der Waals surface area contributed by atoms with Crippen LogP contribution in [0, 0.1) is 5.92 Å². The summed E-state index contributed by atoms with van der Waals surface area (Å²) >= 11 is 0. The second-order valence-electron chi connectivity index (χ2n) is 4.51. The summed E-state index contributed by atoms with van der Waals surface area (Å²) in [5.41, 5.74) is 5.17. The van der Waals surface area contributed by atoms with Crippen molar-refractivity contribution < 1.29 is 9.53 Å². The van der Waals surface area contributed by atoms with Crippen LogP contribution in [0.25, 0.3) is 0 Å². The Bertz CT molecular complexity index is 429. The van der Waals surface area contributed by atoms with E-state index in [1.165, 1.54) is 0 Å². The van der Waals surface area contributed by atoms with Gasteiger partial charge in [0.05, 0.1) is 19.1 Å². The van der Waals surface area contributed by atoms with Crippen LogP contribution in [0.2, 0.25) is 0 Å². The maximum Gasteiger partial charge on any atom is 0.228 e. The van der Waals surface area contributed by atoms with E-state index in [2.05, 4.69) is 17.1 Å². The van der Waals surface area contributed by atoms with E-state index in [1.807, 2.05) is 13.0 Å². The third kappa shape index (κ3) is 1.21. The largest absolute Gasteiger partial charge is 0.373 e. The Morgan fingerprint density at radius 2 is 2.53 bits per heavy atom. The quantitative estimate of drug-likeness (QED) is 0.470. The molecule has 78 valence electrons. The van der Waals surface area contributed by atoms with Crippen LogP contribution in [0.15, 0.2) is 29.0 Å². The van der Waals surface area contributed by atoms with Crippen LogP contribution < -0.4 is 5.32 Å². The Kier molecular flexibility index (Phi) is 1.70. The number of carbonyl (C=O) groups is 1. The van der Waals surface area contributed by atoms with Crippen molar-refractivity contribution in [1.29, 1.82) is 0 Å².